The Bertz CT molecular complexity index is 1840. The van der Waals surface area contributed by atoms with E-state index in [-0.39, 0.29) is 25.7 Å². The quantitative estimate of drug-likeness (QED) is 0.0222. The SMILES string of the molecule is CCCCCCCCCCCCCCCCCCCCCCC(=O)O[C@H](COC(=O)CCCCCCCCCCCCCC(C)C)COP(=O)(O)OC[C@@H](O)COP(=O)(O)OC[C@@H](COC(=O)CCCCCCCCCCC)OC(=O)CCCCCCCCCCCC(C)C. The van der Waals surface area contributed by atoms with Gasteiger partial charge in [0.05, 0.1) is 26.4 Å². The summed E-state index contributed by atoms with van der Waals surface area (Å²) in [5.41, 5.74) is 0. The molecule has 5 atom stereocenters. The molecule has 19 heteroatoms. The van der Waals surface area contributed by atoms with Crippen LogP contribution in [0.4, 0.5) is 0 Å². The monoisotopic (exact) mass is 1400 g/mol. The molecular weight excluding hydrogens is 1250 g/mol. The van der Waals surface area contributed by atoms with E-state index in [1.165, 1.54) is 212 Å². The normalized spacial score (nSPS) is 14.0. The smallest absolute Gasteiger partial charge is 0.462 e. The molecule has 0 heterocycles. The van der Waals surface area contributed by atoms with Crippen molar-refractivity contribution < 1.29 is 80.2 Å². The van der Waals surface area contributed by atoms with E-state index < -0.39 is 97.5 Å². The molecule has 0 fully saturated rings. The second kappa shape index (κ2) is 67.9. The second-order valence-electron chi connectivity index (χ2n) is 28.3. The third-order valence-corrected chi connectivity index (χ3v) is 19.6. The van der Waals surface area contributed by atoms with Crippen molar-refractivity contribution in [1.82, 2.24) is 0 Å². The number of phosphoric ester groups is 2. The van der Waals surface area contributed by atoms with Crippen molar-refractivity contribution in [3.05, 3.63) is 0 Å². The molecule has 2 unspecified atom stereocenters. The van der Waals surface area contributed by atoms with Gasteiger partial charge in [0.2, 0.25) is 0 Å². The highest BCUT2D eigenvalue weighted by atomic mass is 31.2. The Labute approximate surface area is 581 Å². The zero-order valence-electron chi connectivity index (χ0n) is 62.0. The van der Waals surface area contributed by atoms with Crippen LogP contribution in [0.3, 0.4) is 0 Å². The summed E-state index contributed by atoms with van der Waals surface area (Å²) in [5.74, 6) is -0.610. The van der Waals surface area contributed by atoms with Crippen LogP contribution in [0.1, 0.15) is 395 Å². The van der Waals surface area contributed by atoms with Crippen molar-refractivity contribution in [2.75, 3.05) is 39.6 Å². The van der Waals surface area contributed by atoms with Crippen molar-refractivity contribution in [3.63, 3.8) is 0 Å². The minimum atomic E-state index is -4.96. The fourth-order valence-corrected chi connectivity index (χ4v) is 13.2. The minimum Gasteiger partial charge on any atom is -0.462 e. The minimum absolute atomic E-state index is 0.105. The molecule has 3 N–H and O–H groups in total. The van der Waals surface area contributed by atoms with Gasteiger partial charge in [-0.15, -0.1) is 0 Å². The number of esters is 4. The van der Waals surface area contributed by atoms with Crippen molar-refractivity contribution >= 4 is 39.5 Å². The molecule has 0 aromatic rings. The maximum absolute atomic E-state index is 13.1. The largest absolute Gasteiger partial charge is 0.472 e. The summed E-state index contributed by atoms with van der Waals surface area (Å²) in [4.78, 5) is 72.7. The summed E-state index contributed by atoms with van der Waals surface area (Å²) in [7, 11) is -9.91. The molecule has 0 spiro atoms. The Morgan fingerprint density at radius 1 is 0.284 bits per heavy atom. The van der Waals surface area contributed by atoms with Gasteiger partial charge in [-0.3, -0.25) is 37.3 Å². The van der Waals surface area contributed by atoms with E-state index in [9.17, 15) is 43.2 Å². The number of phosphoric acid groups is 2. The fourth-order valence-electron chi connectivity index (χ4n) is 11.7. The van der Waals surface area contributed by atoms with E-state index >= 15 is 0 Å². The first kappa shape index (κ1) is 93.1. The molecule has 0 rings (SSSR count). The molecule has 0 saturated carbocycles. The number of aliphatic hydroxyl groups excluding tert-OH is 1. The van der Waals surface area contributed by atoms with Crippen LogP contribution in [0.2, 0.25) is 0 Å². The molecular formula is C76H148O17P2. The van der Waals surface area contributed by atoms with Crippen LogP contribution in [0, 0.1) is 11.8 Å². The fraction of sp³-hybridized carbons (Fsp3) is 0.947. The maximum Gasteiger partial charge on any atom is 0.472 e. The van der Waals surface area contributed by atoms with Gasteiger partial charge in [-0.2, -0.15) is 0 Å². The van der Waals surface area contributed by atoms with Crippen LogP contribution in [0.25, 0.3) is 0 Å². The Morgan fingerprint density at radius 2 is 0.484 bits per heavy atom. The van der Waals surface area contributed by atoms with Crippen LogP contribution >= 0.6 is 15.6 Å². The summed E-state index contributed by atoms with van der Waals surface area (Å²) in [6, 6.07) is 0. The lowest BCUT2D eigenvalue weighted by Crippen LogP contribution is -2.30. The van der Waals surface area contributed by atoms with Gasteiger partial charge in [-0.1, -0.05) is 343 Å². The summed E-state index contributed by atoms with van der Waals surface area (Å²) in [5, 5.41) is 10.6. The lowest BCUT2D eigenvalue weighted by atomic mass is 10.0. The van der Waals surface area contributed by atoms with E-state index in [0.717, 1.165) is 102 Å². The Hall–Kier alpha value is -1.94. The molecule has 0 aromatic heterocycles. The molecule has 0 radical (unpaired) electrons. The Morgan fingerprint density at radius 3 is 0.716 bits per heavy atom. The molecule has 95 heavy (non-hydrogen) atoms. The van der Waals surface area contributed by atoms with Crippen molar-refractivity contribution in [2.45, 2.75) is 413 Å². The van der Waals surface area contributed by atoms with Crippen LogP contribution in [0.15, 0.2) is 0 Å². The average Bonchev–Trinajstić information content (AvgIpc) is 1.51. The lowest BCUT2D eigenvalue weighted by molar-refractivity contribution is -0.161. The zero-order valence-corrected chi connectivity index (χ0v) is 63.8. The molecule has 0 aromatic carbocycles. The number of rotatable bonds is 75. The highest BCUT2D eigenvalue weighted by Gasteiger charge is 2.30. The summed E-state index contributed by atoms with van der Waals surface area (Å²) < 4.78 is 68.5. The first-order valence-electron chi connectivity index (χ1n) is 39.5. The van der Waals surface area contributed by atoms with Crippen molar-refractivity contribution in [2.24, 2.45) is 11.8 Å². The first-order valence-corrected chi connectivity index (χ1v) is 42.5. The van der Waals surface area contributed by atoms with E-state index in [4.69, 9.17) is 37.0 Å². The number of carbonyl (C=O) groups excluding carboxylic acids is 4. The van der Waals surface area contributed by atoms with Gasteiger partial charge in [0.15, 0.2) is 12.2 Å². The standard InChI is InChI=1S/C76H148O17P2/c1-7-9-11-13-15-17-18-19-20-21-22-23-24-25-26-29-36-42-48-54-60-75(80)92-72(65-87-74(79)59-53-47-41-35-30-27-28-33-38-44-50-56-68(3)4)67-91-95(84,85)89-63-70(77)62-88-94(82,83)90-66-71(64-86-73(78)58-52-46-40-32-16-14-12-10-8-2)93-76(81)61-55-49-43-37-31-34-39-45-51-57-69(5)6/h68-72,77H,7-67H2,1-6H3,(H,82,83)(H,84,85)/t70-,71+,72+/m0/s1. The van der Waals surface area contributed by atoms with E-state index in [0.29, 0.717) is 25.7 Å². The molecule has 17 nitrogen and oxygen atoms in total. The highest BCUT2D eigenvalue weighted by Crippen LogP contribution is 2.45. The zero-order chi connectivity index (χ0) is 70.0. The Kier molecular flexibility index (Phi) is 66.5. The van der Waals surface area contributed by atoms with Gasteiger partial charge in [-0.25, -0.2) is 9.13 Å². The predicted molar refractivity (Wildman–Crippen MR) is 386 cm³/mol. The average molecular weight is 1400 g/mol. The molecule has 0 saturated heterocycles. The maximum atomic E-state index is 13.1. The number of aliphatic hydroxyl groups is 1. The molecule has 0 aliphatic rings. The number of unbranched alkanes of at least 4 members (excludes halogenated alkanes) is 45. The number of carbonyl (C=O) groups is 4. The van der Waals surface area contributed by atoms with Gasteiger partial charge in [0.25, 0.3) is 0 Å². The number of hydrogen-bond acceptors (Lipinski definition) is 15. The van der Waals surface area contributed by atoms with Gasteiger partial charge < -0.3 is 33.8 Å². The molecule has 0 bridgehead atoms. The van der Waals surface area contributed by atoms with Crippen molar-refractivity contribution in [1.29, 1.82) is 0 Å². The summed E-state index contributed by atoms with van der Waals surface area (Å²) >= 11 is 0. The van der Waals surface area contributed by atoms with Gasteiger partial charge >= 0.3 is 39.5 Å². The van der Waals surface area contributed by atoms with E-state index in [1.54, 1.807) is 0 Å². The first-order chi connectivity index (χ1) is 45.9. The third kappa shape index (κ3) is 70.3. The molecule has 564 valence electrons. The van der Waals surface area contributed by atoms with Crippen LogP contribution in [-0.2, 0) is 65.4 Å². The molecule has 0 aliphatic carbocycles. The van der Waals surface area contributed by atoms with Gasteiger partial charge in [-0.05, 0) is 37.5 Å². The molecule has 0 aliphatic heterocycles. The topological polar surface area (TPSA) is 237 Å². The second-order valence-corrected chi connectivity index (χ2v) is 31.3. The van der Waals surface area contributed by atoms with Crippen LogP contribution in [-0.4, -0.2) is 96.7 Å². The summed E-state index contributed by atoms with van der Waals surface area (Å²) in [6.07, 6.45) is 55.6. The lowest BCUT2D eigenvalue weighted by Gasteiger charge is -2.21. The predicted octanol–water partition coefficient (Wildman–Crippen LogP) is 22.3. The van der Waals surface area contributed by atoms with Gasteiger partial charge in [0.1, 0.15) is 19.3 Å². The van der Waals surface area contributed by atoms with Gasteiger partial charge in [0, 0.05) is 25.7 Å². The summed E-state index contributed by atoms with van der Waals surface area (Å²) in [6.45, 7) is 9.56. The van der Waals surface area contributed by atoms with Crippen LogP contribution in [0.5, 0.6) is 0 Å². The third-order valence-electron chi connectivity index (χ3n) is 17.7. The number of hydrogen-bond donors (Lipinski definition) is 3. The molecule has 0 amide bonds. The van der Waals surface area contributed by atoms with E-state index in [2.05, 4.69) is 41.5 Å². The van der Waals surface area contributed by atoms with E-state index in [1.807, 2.05) is 0 Å². The van der Waals surface area contributed by atoms with Crippen LogP contribution < -0.4 is 0 Å². The van der Waals surface area contributed by atoms with Crippen molar-refractivity contribution in [3.8, 4) is 0 Å². The Balaban J connectivity index is 5.21. The number of ether oxygens (including phenoxy) is 4. The highest BCUT2D eigenvalue weighted by molar-refractivity contribution is 7.47.